The number of para-hydroxylation sites is 1. The molecule has 114 valence electrons. The lowest BCUT2D eigenvalue weighted by molar-refractivity contribution is -0.144. The number of carbonyl (C=O) groups is 1. The Morgan fingerprint density at radius 3 is 2.67 bits per heavy atom. The van der Waals surface area contributed by atoms with Gasteiger partial charge in [0.05, 0.1) is 6.42 Å². The first-order valence-electron chi connectivity index (χ1n) is 6.71. The number of benzene rings is 1. The van der Waals surface area contributed by atoms with Crippen molar-refractivity contribution in [3.05, 3.63) is 36.5 Å². The van der Waals surface area contributed by atoms with Gasteiger partial charge >= 0.3 is 6.18 Å². The van der Waals surface area contributed by atoms with Crippen molar-refractivity contribution < 1.29 is 18.0 Å². The van der Waals surface area contributed by atoms with E-state index >= 15 is 0 Å². The van der Waals surface area contributed by atoms with Gasteiger partial charge in [0.1, 0.15) is 0 Å². The normalized spacial score (nSPS) is 11.8. The highest BCUT2D eigenvalue weighted by molar-refractivity contribution is 5.80. The molecule has 0 aliphatic carbocycles. The summed E-state index contributed by atoms with van der Waals surface area (Å²) in [7, 11) is 1.40. The Morgan fingerprint density at radius 1 is 1.24 bits per heavy atom. The van der Waals surface area contributed by atoms with E-state index in [1.807, 2.05) is 41.1 Å². The number of aryl methyl sites for hydroxylation is 1. The molecule has 0 saturated heterocycles. The highest BCUT2D eigenvalue weighted by Crippen LogP contribution is 2.20. The van der Waals surface area contributed by atoms with E-state index in [1.54, 1.807) is 0 Å². The smallest absolute Gasteiger partial charge is 0.347 e. The zero-order valence-electron chi connectivity index (χ0n) is 11.7. The molecule has 1 amide bonds. The lowest BCUT2D eigenvalue weighted by atomic mass is 10.2. The molecule has 0 fully saturated rings. The lowest BCUT2D eigenvalue weighted by Gasteiger charge is -2.18. The maximum absolute atomic E-state index is 12.1. The second kappa shape index (κ2) is 6.20. The maximum Gasteiger partial charge on any atom is 0.390 e. The molecular weight excluding hydrogens is 281 g/mol. The minimum Gasteiger partial charge on any atom is -0.347 e. The fourth-order valence-electron chi connectivity index (χ4n) is 2.16. The maximum atomic E-state index is 12.1. The van der Waals surface area contributed by atoms with E-state index in [2.05, 4.69) is 0 Å². The van der Waals surface area contributed by atoms with E-state index in [1.165, 1.54) is 7.05 Å². The van der Waals surface area contributed by atoms with Crippen LogP contribution in [0.1, 0.15) is 12.8 Å². The van der Waals surface area contributed by atoms with Gasteiger partial charge in [-0.25, -0.2) is 0 Å². The quantitative estimate of drug-likeness (QED) is 0.830. The second-order valence-electron chi connectivity index (χ2n) is 5.00. The van der Waals surface area contributed by atoms with Crippen LogP contribution in [-0.4, -0.2) is 35.1 Å². The molecule has 6 heteroatoms. The molecular formula is C15H17F3N2O. The monoisotopic (exact) mass is 298 g/mol. The molecule has 1 heterocycles. The highest BCUT2D eigenvalue weighted by Gasteiger charge is 2.27. The van der Waals surface area contributed by atoms with Gasteiger partial charge in [-0.1, -0.05) is 18.2 Å². The third-order valence-corrected chi connectivity index (χ3v) is 3.40. The average Bonchev–Trinajstić information content (AvgIpc) is 2.84. The number of carbonyl (C=O) groups excluding carboxylic acids is 1. The van der Waals surface area contributed by atoms with E-state index < -0.39 is 12.6 Å². The average molecular weight is 298 g/mol. The third-order valence-electron chi connectivity index (χ3n) is 3.40. The molecule has 1 aromatic heterocycles. The van der Waals surface area contributed by atoms with Crippen LogP contribution >= 0.6 is 0 Å². The molecule has 0 saturated carbocycles. The van der Waals surface area contributed by atoms with E-state index in [9.17, 15) is 18.0 Å². The van der Waals surface area contributed by atoms with Gasteiger partial charge in [-0.05, 0) is 17.5 Å². The zero-order valence-corrected chi connectivity index (χ0v) is 11.7. The largest absolute Gasteiger partial charge is 0.390 e. The van der Waals surface area contributed by atoms with Gasteiger partial charge in [0, 0.05) is 38.3 Å². The van der Waals surface area contributed by atoms with Crippen LogP contribution in [0.2, 0.25) is 0 Å². The highest BCUT2D eigenvalue weighted by atomic mass is 19.4. The molecule has 0 aliphatic rings. The predicted octanol–water partition coefficient (Wildman–Crippen LogP) is 3.44. The molecule has 1 aromatic carbocycles. The van der Waals surface area contributed by atoms with Crippen molar-refractivity contribution in [3.8, 4) is 0 Å². The Morgan fingerprint density at radius 2 is 1.95 bits per heavy atom. The van der Waals surface area contributed by atoms with Crippen LogP contribution in [-0.2, 0) is 11.3 Å². The van der Waals surface area contributed by atoms with Crippen LogP contribution in [0.4, 0.5) is 13.2 Å². The minimum absolute atomic E-state index is 0.188. The predicted molar refractivity (Wildman–Crippen MR) is 74.9 cm³/mol. The second-order valence-corrected chi connectivity index (χ2v) is 5.00. The van der Waals surface area contributed by atoms with Crippen LogP contribution < -0.4 is 0 Å². The zero-order chi connectivity index (χ0) is 15.5. The van der Waals surface area contributed by atoms with Gasteiger partial charge in [0.2, 0.25) is 5.91 Å². The molecule has 2 rings (SSSR count). The number of fused-ring (bicyclic) bond motifs is 1. The van der Waals surface area contributed by atoms with E-state index in [4.69, 9.17) is 0 Å². The summed E-state index contributed by atoms with van der Waals surface area (Å²) in [6.07, 6.45) is -3.13. The number of hydrogen-bond donors (Lipinski definition) is 0. The first-order valence-corrected chi connectivity index (χ1v) is 6.71. The van der Waals surface area contributed by atoms with Gasteiger partial charge in [0.25, 0.3) is 0 Å². The lowest BCUT2D eigenvalue weighted by Crippen LogP contribution is -2.31. The number of hydrogen-bond acceptors (Lipinski definition) is 1. The summed E-state index contributed by atoms with van der Waals surface area (Å²) >= 11 is 0. The minimum atomic E-state index is -4.23. The fourth-order valence-corrected chi connectivity index (χ4v) is 2.16. The topological polar surface area (TPSA) is 25.2 Å². The number of aromatic nitrogens is 1. The van der Waals surface area contributed by atoms with Gasteiger partial charge < -0.3 is 9.47 Å². The SMILES string of the molecule is CN(CCC(F)(F)F)C(=O)CCn1ccc2ccccc21. The van der Waals surface area contributed by atoms with E-state index in [-0.39, 0.29) is 18.9 Å². The van der Waals surface area contributed by atoms with Crippen LogP contribution in [0.3, 0.4) is 0 Å². The first kappa shape index (κ1) is 15.4. The summed E-state index contributed by atoms with van der Waals surface area (Å²) < 4.78 is 38.3. The molecule has 2 aromatic rings. The van der Waals surface area contributed by atoms with Crippen LogP contribution in [0.5, 0.6) is 0 Å². The molecule has 0 spiro atoms. The van der Waals surface area contributed by atoms with Crippen molar-refractivity contribution in [3.63, 3.8) is 0 Å². The number of amides is 1. The van der Waals surface area contributed by atoms with Crippen LogP contribution in [0, 0.1) is 0 Å². The summed E-state index contributed by atoms with van der Waals surface area (Å²) in [5.74, 6) is -0.281. The van der Waals surface area contributed by atoms with Crippen molar-refractivity contribution in [2.24, 2.45) is 0 Å². The van der Waals surface area contributed by atoms with Gasteiger partial charge in [-0.15, -0.1) is 0 Å². The molecule has 0 unspecified atom stereocenters. The Bertz CT molecular complexity index is 619. The third kappa shape index (κ3) is 4.24. The summed E-state index contributed by atoms with van der Waals surface area (Å²) in [6.45, 7) is 0.164. The Balaban J connectivity index is 1.89. The van der Waals surface area contributed by atoms with Crippen molar-refractivity contribution in [1.82, 2.24) is 9.47 Å². The van der Waals surface area contributed by atoms with E-state index in [0.29, 0.717) is 6.54 Å². The van der Waals surface area contributed by atoms with Gasteiger partial charge in [-0.2, -0.15) is 13.2 Å². The molecule has 0 radical (unpaired) electrons. The molecule has 0 aliphatic heterocycles. The Kier molecular flexibility index (Phi) is 4.55. The number of alkyl halides is 3. The summed E-state index contributed by atoms with van der Waals surface area (Å²) in [4.78, 5) is 13.0. The summed E-state index contributed by atoms with van der Waals surface area (Å²) in [6, 6.07) is 9.72. The summed E-state index contributed by atoms with van der Waals surface area (Å²) in [5.41, 5.74) is 1.02. The number of rotatable bonds is 5. The van der Waals surface area contributed by atoms with Crippen LogP contribution in [0.15, 0.2) is 36.5 Å². The van der Waals surface area contributed by atoms with Crippen molar-refractivity contribution in [1.29, 1.82) is 0 Å². The molecule has 0 bridgehead atoms. The Labute approximate surface area is 121 Å². The first-order chi connectivity index (χ1) is 9.87. The molecule has 21 heavy (non-hydrogen) atoms. The fraction of sp³-hybridized carbons (Fsp3) is 0.400. The number of nitrogens with zero attached hydrogens (tertiary/aromatic N) is 2. The molecule has 0 atom stereocenters. The van der Waals surface area contributed by atoms with Crippen molar-refractivity contribution in [2.45, 2.75) is 25.6 Å². The van der Waals surface area contributed by atoms with Gasteiger partial charge in [0.15, 0.2) is 0 Å². The standard InChI is InChI=1S/C15H17F3N2O/c1-19(11-8-15(16,17)18)14(21)7-10-20-9-6-12-4-2-3-5-13(12)20/h2-6,9H,7-8,10-11H2,1H3. The summed E-state index contributed by atoms with van der Waals surface area (Å²) in [5, 5.41) is 1.08. The van der Waals surface area contributed by atoms with Crippen LogP contribution in [0.25, 0.3) is 10.9 Å². The van der Waals surface area contributed by atoms with Crippen molar-refractivity contribution >= 4 is 16.8 Å². The van der Waals surface area contributed by atoms with Gasteiger partial charge in [-0.3, -0.25) is 4.79 Å². The Hall–Kier alpha value is -1.98. The van der Waals surface area contributed by atoms with E-state index in [0.717, 1.165) is 15.8 Å². The molecule has 3 nitrogen and oxygen atoms in total. The molecule has 0 N–H and O–H groups in total. The van der Waals surface area contributed by atoms with Crippen molar-refractivity contribution in [2.75, 3.05) is 13.6 Å². The number of halogens is 3.